The molecule has 0 saturated carbocycles. The summed E-state index contributed by atoms with van der Waals surface area (Å²) in [6.45, 7) is 0.0181. The molecule has 2 aromatic carbocycles. The molecule has 1 heterocycles. The Balaban J connectivity index is 1.84. The molecule has 0 radical (unpaired) electrons. The minimum absolute atomic E-state index is 0.0754. The summed E-state index contributed by atoms with van der Waals surface area (Å²) in [4.78, 5) is 39.6. The summed E-state index contributed by atoms with van der Waals surface area (Å²) in [6.07, 6.45) is 0.580. The first kappa shape index (κ1) is 20.2. The first-order valence-corrected chi connectivity index (χ1v) is 9.29. The molecule has 1 aliphatic heterocycles. The Hall–Kier alpha value is -3.55. The largest absolute Gasteiger partial charge is 0.497 e. The third kappa shape index (κ3) is 5.04. The van der Waals surface area contributed by atoms with Gasteiger partial charge in [0.15, 0.2) is 0 Å². The molecule has 3 rings (SSSR count). The number of primary amides is 1. The molecule has 0 aromatic heterocycles. The molecule has 3 N–H and O–H groups in total. The fraction of sp³-hybridized carbons (Fsp3) is 0.286. The van der Waals surface area contributed by atoms with Crippen LogP contribution in [0.2, 0.25) is 0 Å². The summed E-state index contributed by atoms with van der Waals surface area (Å²) in [5.41, 5.74) is 6.84. The Morgan fingerprint density at radius 1 is 1.17 bits per heavy atom. The van der Waals surface area contributed by atoms with Gasteiger partial charge < -0.3 is 25.6 Å². The number of hydrogen-bond donors (Lipinski definition) is 2. The lowest BCUT2D eigenvalue weighted by molar-refractivity contribution is -0.138. The number of piperazine rings is 1. The Bertz CT molecular complexity index is 887. The molecule has 1 atom stereocenters. The first-order valence-electron chi connectivity index (χ1n) is 9.29. The summed E-state index contributed by atoms with van der Waals surface area (Å²) < 4.78 is 5.26. The number of benzene rings is 2. The van der Waals surface area contributed by atoms with Gasteiger partial charge in [0, 0.05) is 18.3 Å². The molecule has 0 spiro atoms. The van der Waals surface area contributed by atoms with Crippen molar-refractivity contribution in [2.24, 2.45) is 5.73 Å². The van der Waals surface area contributed by atoms with Crippen molar-refractivity contribution < 1.29 is 19.1 Å². The van der Waals surface area contributed by atoms with Crippen LogP contribution < -0.4 is 20.7 Å². The van der Waals surface area contributed by atoms with E-state index in [1.165, 1.54) is 4.90 Å². The van der Waals surface area contributed by atoms with E-state index in [1.54, 1.807) is 18.1 Å². The number of rotatable bonds is 6. The Morgan fingerprint density at radius 2 is 1.93 bits per heavy atom. The fourth-order valence-electron chi connectivity index (χ4n) is 3.42. The average molecular weight is 396 g/mol. The SMILES string of the molecule is COc1cccc(N2C[C@H](Cc3ccccc3)N(C(=O)CNC(N)=O)CC2=O)c1. The normalized spacial score (nSPS) is 16.4. The number of amides is 4. The van der Waals surface area contributed by atoms with Crippen LogP contribution in [0.3, 0.4) is 0 Å². The number of carbonyl (C=O) groups is 3. The van der Waals surface area contributed by atoms with Gasteiger partial charge in [-0.2, -0.15) is 0 Å². The minimum atomic E-state index is -0.778. The highest BCUT2D eigenvalue weighted by atomic mass is 16.5. The lowest BCUT2D eigenvalue weighted by atomic mass is 10.0. The van der Waals surface area contributed by atoms with E-state index in [-0.39, 0.29) is 30.9 Å². The van der Waals surface area contributed by atoms with E-state index >= 15 is 0 Å². The van der Waals surface area contributed by atoms with Crippen LogP contribution in [0, 0.1) is 0 Å². The van der Waals surface area contributed by atoms with E-state index in [0.717, 1.165) is 11.3 Å². The zero-order valence-electron chi connectivity index (χ0n) is 16.2. The van der Waals surface area contributed by atoms with Gasteiger partial charge in [0.05, 0.1) is 19.7 Å². The molecule has 0 bridgehead atoms. The number of nitrogens with two attached hydrogens (primary N) is 1. The predicted molar refractivity (Wildman–Crippen MR) is 109 cm³/mol. The van der Waals surface area contributed by atoms with Crippen LogP contribution in [0.4, 0.5) is 10.5 Å². The summed E-state index contributed by atoms with van der Waals surface area (Å²) in [5, 5.41) is 2.31. The van der Waals surface area contributed by atoms with Gasteiger partial charge in [-0.15, -0.1) is 0 Å². The maximum Gasteiger partial charge on any atom is 0.312 e. The molecule has 152 valence electrons. The fourth-order valence-corrected chi connectivity index (χ4v) is 3.42. The van der Waals surface area contributed by atoms with E-state index in [2.05, 4.69) is 5.32 Å². The minimum Gasteiger partial charge on any atom is -0.497 e. The van der Waals surface area contributed by atoms with Gasteiger partial charge in [-0.3, -0.25) is 9.59 Å². The topological polar surface area (TPSA) is 105 Å². The summed E-state index contributed by atoms with van der Waals surface area (Å²) in [6, 6.07) is 16.0. The first-order chi connectivity index (χ1) is 14.0. The van der Waals surface area contributed by atoms with E-state index in [0.29, 0.717) is 18.7 Å². The van der Waals surface area contributed by atoms with Crippen LogP contribution >= 0.6 is 0 Å². The number of nitrogens with one attached hydrogen (secondary N) is 1. The predicted octanol–water partition coefficient (Wildman–Crippen LogP) is 1.15. The molecular weight excluding hydrogens is 372 g/mol. The van der Waals surface area contributed by atoms with Gasteiger partial charge in [-0.25, -0.2) is 4.79 Å². The molecule has 29 heavy (non-hydrogen) atoms. The number of hydrogen-bond acceptors (Lipinski definition) is 4. The number of ether oxygens (including phenoxy) is 1. The maximum absolute atomic E-state index is 12.8. The van der Waals surface area contributed by atoms with Crippen LogP contribution in [0.15, 0.2) is 54.6 Å². The van der Waals surface area contributed by atoms with Gasteiger partial charge in [0.25, 0.3) is 0 Å². The highest BCUT2D eigenvalue weighted by molar-refractivity contribution is 5.98. The number of carbonyl (C=O) groups excluding carboxylic acids is 3. The van der Waals surface area contributed by atoms with Crippen molar-refractivity contribution >= 4 is 23.5 Å². The van der Waals surface area contributed by atoms with Crippen molar-refractivity contribution in [3.05, 3.63) is 60.2 Å². The van der Waals surface area contributed by atoms with Crippen molar-refractivity contribution in [1.82, 2.24) is 10.2 Å². The van der Waals surface area contributed by atoms with Gasteiger partial charge in [0.2, 0.25) is 11.8 Å². The molecule has 8 heteroatoms. The molecule has 4 amide bonds. The highest BCUT2D eigenvalue weighted by Crippen LogP contribution is 2.25. The van der Waals surface area contributed by atoms with Crippen molar-refractivity contribution in [3.8, 4) is 5.75 Å². The molecule has 1 fully saturated rings. The summed E-state index contributed by atoms with van der Waals surface area (Å²) in [7, 11) is 1.57. The maximum atomic E-state index is 12.8. The standard InChI is InChI=1S/C21H24N4O4/c1-29-18-9-5-8-16(11-18)24-13-17(10-15-6-3-2-4-7-15)25(14-20(24)27)19(26)12-23-21(22)28/h2-9,11,17H,10,12-14H2,1H3,(H3,22,23,28)/t17-/m0/s1. The van der Waals surface area contributed by atoms with E-state index < -0.39 is 6.03 Å². The van der Waals surface area contributed by atoms with Crippen molar-refractivity contribution in [1.29, 1.82) is 0 Å². The third-order valence-electron chi connectivity index (χ3n) is 4.85. The van der Waals surface area contributed by atoms with Crippen LogP contribution in [-0.2, 0) is 16.0 Å². The van der Waals surface area contributed by atoms with Crippen LogP contribution in [0.5, 0.6) is 5.75 Å². The van der Waals surface area contributed by atoms with Gasteiger partial charge >= 0.3 is 6.03 Å². The molecule has 2 aromatic rings. The second kappa shape index (κ2) is 9.09. The van der Waals surface area contributed by atoms with Gasteiger partial charge in [-0.05, 0) is 24.1 Å². The van der Waals surface area contributed by atoms with Crippen molar-refractivity contribution in [2.75, 3.05) is 31.6 Å². The van der Waals surface area contributed by atoms with Gasteiger partial charge in [-0.1, -0.05) is 36.4 Å². The molecule has 1 saturated heterocycles. The second-order valence-electron chi connectivity index (χ2n) is 6.79. The average Bonchev–Trinajstić information content (AvgIpc) is 2.73. The van der Waals surface area contributed by atoms with Crippen LogP contribution in [0.25, 0.3) is 0 Å². The highest BCUT2D eigenvalue weighted by Gasteiger charge is 2.35. The molecular formula is C21H24N4O4. The van der Waals surface area contributed by atoms with Gasteiger partial charge in [0.1, 0.15) is 12.3 Å². The Kier molecular flexibility index (Phi) is 6.33. The Labute approximate surface area is 169 Å². The quantitative estimate of drug-likeness (QED) is 0.764. The van der Waals surface area contributed by atoms with Crippen LogP contribution in [0.1, 0.15) is 5.56 Å². The van der Waals surface area contributed by atoms with Crippen molar-refractivity contribution in [3.63, 3.8) is 0 Å². The number of anilines is 1. The smallest absolute Gasteiger partial charge is 0.312 e. The Morgan fingerprint density at radius 3 is 2.62 bits per heavy atom. The third-order valence-corrected chi connectivity index (χ3v) is 4.85. The van der Waals surface area contributed by atoms with E-state index in [4.69, 9.17) is 10.5 Å². The summed E-state index contributed by atoms with van der Waals surface area (Å²) in [5.74, 6) is 0.109. The van der Waals surface area contributed by atoms with E-state index in [1.807, 2.05) is 48.5 Å². The lowest BCUT2D eigenvalue weighted by Gasteiger charge is -2.41. The second-order valence-corrected chi connectivity index (χ2v) is 6.79. The molecule has 0 unspecified atom stereocenters. The molecule has 1 aliphatic rings. The molecule has 0 aliphatic carbocycles. The monoisotopic (exact) mass is 396 g/mol. The van der Waals surface area contributed by atoms with Crippen molar-refractivity contribution in [2.45, 2.75) is 12.5 Å². The zero-order chi connectivity index (χ0) is 20.8. The lowest BCUT2D eigenvalue weighted by Crippen LogP contribution is -2.60. The number of nitrogens with zero attached hydrogens (tertiary/aromatic N) is 2. The van der Waals surface area contributed by atoms with Crippen LogP contribution in [-0.4, -0.2) is 55.5 Å². The number of methoxy groups -OCH3 is 1. The van der Waals surface area contributed by atoms with E-state index in [9.17, 15) is 14.4 Å². The summed E-state index contributed by atoms with van der Waals surface area (Å²) >= 11 is 0. The molecule has 8 nitrogen and oxygen atoms in total. The zero-order valence-corrected chi connectivity index (χ0v) is 16.2. The number of urea groups is 1.